The summed E-state index contributed by atoms with van der Waals surface area (Å²) in [5.74, 6) is -0.204. The number of hydrogen-bond acceptors (Lipinski definition) is 7. The first-order valence-electron chi connectivity index (χ1n) is 9.28. The van der Waals surface area contributed by atoms with Crippen molar-refractivity contribution in [2.75, 3.05) is 0 Å². The van der Waals surface area contributed by atoms with Gasteiger partial charge in [0.15, 0.2) is 11.5 Å². The highest BCUT2D eigenvalue weighted by atomic mass is 35.5. The predicted octanol–water partition coefficient (Wildman–Crippen LogP) is 2.17. The van der Waals surface area contributed by atoms with Crippen molar-refractivity contribution >= 4 is 22.6 Å². The van der Waals surface area contributed by atoms with Crippen molar-refractivity contribution < 1.29 is 9.84 Å². The molecule has 3 N–H and O–H groups in total. The highest BCUT2D eigenvalue weighted by Crippen LogP contribution is 2.39. The molecule has 0 saturated heterocycles. The number of rotatable bonds is 4. The number of phenolic OH excluding ortho intramolecular Hbond substituents is 1. The molecule has 4 rings (SSSR count). The lowest BCUT2D eigenvalue weighted by atomic mass is 10.2. The van der Waals surface area contributed by atoms with E-state index in [2.05, 4.69) is 10.1 Å². The monoisotopic (exact) mass is 454 g/mol. The number of aromatic amines is 2. The summed E-state index contributed by atoms with van der Waals surface area (Å²) in [6, 6.07) is 8.80. The number of hydrogen-bond donors (Lipinski definition) is 3. The third kappa shape index (κ3) is 3.52. The van der Waals surface area contributed by atoms with Crippen LogP contribution in [0.1, 0.15) is 25.6 Å². The van der Waals surface area contributed by atoms with Gasteiger partial charge in [-0.2, -0.15) is 9.94 Å². The molecule has 0 aliphatic heterocycles. The Morgan fingerprint density at radius 2 is 1.91 bits per heavy atom. The van der Waals surface area contributed by atoms with E-state index in [1.54, 1.807) is 28.8 Å². The Labute approximate surface area is 183 Å². The number of H-pyrrole nitrogens is 2. The largest absolute Gasteiger partial charge is 0.504 e. The molecule has 0 radical (unpaired) electrons. The van der Waals surface area contributed by atoms with Crippen LogP contribution in [-0.2, 0) is 0 Å². The fraction of sp³-hybridized carbons (Fsp3) is 0.150. The van der Waals surface area contributed by atoms with E-state index in [4.69, 9.17) is 21.6 Å². The average Bonchev–Trinajstić information content (AvgIpc) is 3.06. The maximum absolute atomic E-state index is 12.2. The number of fused-ring (bicyclic) bond motifs is 1. The average molecular weight is 455 g/mol. The highest BCUT2D eigenvalue weighted by Gasteiger charge is 2.17. The number of halogens is 1. The zero-order valence-corrected chi connectivity index (χ0v) is 17.5. The number of nitriles is 1. The van der Waals surface area contributed by atoms with Crippen molar-refractivity contribution in [2.24, 2.45) is 0 Å². The van der Waals surface area contributed by atoms with Crippen LogP contribution in [0, 0.1) is 11.3 Å². The molecule has 2 heterocycles. The summed E-state index contributed by atoms with van der Waals surface area (Å²) in [6.45, 7) is 3.74. The van der Waals surface area contributed by atoms with Gasteiger partial charge < -0.3 is 14.8 Å². The van der Waals surface area contributed by atoms with Crippen LogP contribution in [0.25, 0.3) is 16.7 Å². The van der Waals surface area contributed by atoms with Gasteiger partial charge in [0.25, 0.3) is 5.56 Å². The van der Waals surface area contributed by atoms with Crippen LogP contribution in [0.4, 0.5) is 0 Å². The maximum Gasteiger partial charge on any atom is 0.349 e. The third-order valence-corrected chi connectivity index (χ3v) is 4.89. The summed E-state index contributed by atoms with van der Waals surface area (Å²) in [5, 5.41) is 23.0. The number of aromatic nitrogens is 5. The van der Waals surface area contributed by atoms with Crippen LogP contribution in [-0.4, -0.2) is 29.4 Å². The maximum atomic E-state index is 12.2. The number of phenols is 1. The van der Waals surface area contributed by atoms with E-state index in [0.717, 1.165) is 10.7 Å². The molecule has 0 aliphatic rings. The minimum atomic E-state index is -0.927. The highest BCUT2D eigenvalue weighted by molar-refractivity contribution is 6.32. The molecule has 0 unspecified atom stereocenters. The number of nitrogens with one attached hydrogen (secondary N) is 2. The van der Waals surface area contributed by atoms with Crippen molar-refractivity contribution in [3.63, 3.8) is 0 Å². The second-order valence-corrected chi connectivity index (χ2v) is 7.49. The van der Waals surface area contributed by atoms with Crippen molar-refractivity contribution in [2.45, 2.75) is 19.9 Å². The van der Waals surface area contributed by atoms with Crippen LogP contribution in [0.2, 0.25) is 5.02 Å². The summed E-state index contributed by atoms with van der Waals surface area (Å²) in [7, 11) is 0. The molecule has 0 amide bonds. The van der Waals surface area contributed by atoms with E-state index in [9.17, 15) is 19.5 Å². The lowest BCUT2D eigenvalue weighted by molar-refractivity contribution is 0.411. The van der Waals surface area contributed by atoms with Gasteiger partial charge in [-0.3, -0.25) is 14.3 Å². The molecule has 0 fully saturated rings. The molecule has 0 spiro atoms. The normalized spacial score (nSPS) is 11.1. The topological polar surface area (TPSA) is 159 Å². The number of nitrogens with zero attached hydrogens (tertiary/aromatic N) is 4. The summed E-state index contributed by atoms with van der Waals surface area (Å²) in [6.07, 6.45) is 0. The molecular weight excluding hydrogens is 440 g/mol. The Balaban J connectivity index is 1.77. The van der Waals surface area contributed by atoms with Crippen LogP contribution in [0.15, 0.2) is 44.7 Å². The molecule has 0 saturated carbocycles. The van der Waals surface area contributed by atoms with Gasteiger partial charge in [-0.15, -0.1) is 5.10 Å². The van der Waals surface area contributed by atoms with Gasteiger partial charge >= 0.3 is 11.4 Å². The summed E-state index contributed by atoms with van der Waals surface area (Å²) in [4.78, 5) is 40.5. The quantitative estimate of drug-likeness (QED) is 0.426. The van der Waals surface area contributed by atoms with Crippen molar-refractivity contribution in [1.29, 1.82) is 5.26 Å². The zero-order chi connectivity index (χ0) is 23.2. The first-order valence-corrected chi connectivity index (χ1v) is 9.66. The first kappa shape index (κ1) is 21.0. The fourth-order valence-corrected chi connectivity index (χ4v) is 3.48. The second kappa shape index (κ2) is 7.75. The van der Waals surface area contributed by atoms with E-state index in [1.165, 1.54) is 6.07 Å². The van der Waals surface area contributed by atoms with Gasteiger partial charge in [-0.25, -0.2) is 9.59 Å². The van der Waals surface area contributed by atoms with Crippen LogP contribution < -0.4 is 21.7 Å². The Morgan fingerprint density at radius 3 is 2.56 bits per heavy atom. The van der Waals surface area contributed by atoms with Crippen molar-refractivity contribution in [3.05, 3.63) is 72.4 Å². The van der Waals surface area contributed by atoms with Crippen LogP contribution in [0.3, 0.4) is 0 Å². The SMILES string of the molecule is CC(C)n1c(=O)[nH]c2ccc(Oc3c(O)cc(-n4nc(C#N)c(=O)[nH]c4=O)cc3Cl)cc21. The lowest BCUT2D eigenvalue weighted by Crippen LogP contribution is -2.33. The van der Waals surface area contributed by atoms with Crippen molar-refractivity contribution in [3.8, 4) is 29.0 Å². The molecule has 11 nitrogen and oxygen atoms in total. The Hall–Kier alpha value is -4.30. The van der Waals surface area contributed by atoms with E-state index in [0.29, 0.717) is 16.8 Å². The van der Waals surface area contributed by atoms with Gasteiger partial charge in [0.2, 0.25) is 5.69 Å². The molecule has 12 heteroatoms. The second-order valence-electron chi connectivity index (χ2n) is 7.08. The van der Waals surface area contributed by atoms with E-state index in [1.807, 2.05) is 18.8 Å². The number of benzene rings is 2. The Bertz CT molecular complexity index is 1560. The molecule has 32 heavy (non-hydrogen) atoms. The van der Waals surface area contributed by atoms with E-state index >= 15 is 0 Å². The van der Waals surface area contributed by atoms with Gasteiger partial charge in [-0.1, -0.05) is 11.6 Å². The van der Waals surface area contributed by atoms with Crippen LogP contribution in [0.5, 0.6) is 17.2 Å². The molecule has 0 atom stereocenters. The molecule has 4 aromatic rings. The Morgan fingerprint density at radius 1 is 1.16 bits per heavy atom. The summed E-state index contributed by atoms with van der Waals surface area (Å²) in [5.41, 5.74) is -1.38. The molecule has 0 aliphatic carbocycles. The van der Waals surface area contributed by atoms with Gasteiger partial charge in [0.05, 0.1) is 21.7 Å². The number of aromatic hydroxyl groups is 1. The Kier molecular flexibility index (Phi) is 5.07. The fourth-order valence-electron chi connectivity index (χ4n) is 3.23. The molecule has 162 valence electrons. The standard InChI is InChI=1S/C20H15ClN6O5/c1-9(2)26-15-7-11(3-4-13(15)23-19(26)30)32-17-12(21)5-10(6-16(17)28)27-20(31)24-18(29)14(8-22)25-27/h3-7,9,28H,1-2H3,(H,23,30)(H,24,29,31). The van der Waals surface area contributed by atoms with Crippen LogP contribution >= 0.6 is 11.6 Å². The molecule has 2 aromatic heterocycles. The van der Waals surface area contributed by atoms with Gasteiger partial charge in [0, 0.05) is 18.2 Å². The zero-order valence-electron chi connectivity index (χ0n) is 16.7. The summed E-state index contributed by atoms with van der Waals surface area (Å²) < 4.78 is 8.04. The summed E-state index contributed by atoms with van der Waals surface area (Å²) >= 11 is 6.27. The first-order chi connectivity index (χ1) is 15.2. The minimum absolute atomic E-state index is 0.00679. The minimum Gasteiger partial charge on any atom is -0.504 e. The molecular formula is C20H15ClN6O5. The van der Waals surface area contributed by atoms with Crippen molar-refractivity contribution in [1.82, 2.24) is 24.3 Å². The smallest absolute Gasteiger partial charge is 0.349 e. The molecule has 2 aromatic carbocycles. The molecule has 0 bridgehead atoms. The predicted molar refractivity (Wildman–Crippen MR) is 115 cm³/mol. The number of ether oxygens (including phenoxy) is 1. The number of imidazole rings is 1. The third-order valence-electron chi connectivity index (χ3n) is 4.61. The van der Waals surface area contributed by atoms with E-state index in [-0.39, 0.29) is 28.2 Å². The van der Waals surface area contributed by atoms with Gasteiger partial charge in [-0.05, 0) is 32.0 Å². The van der Waals surface area contributed by atoms with Gasteiger partial charge in [0.1, 0.15) is 11.8 Å². The van der Waals surface area contributed by atoms with E-state index < -0.39 is 22.7 Å². The lowest BCUT2D eigenvalue weighted by Gasteiger charge is -2.13.